The van der Waals surface area contributed by atoms with Gasteiger partial charge in [-0.15, -0.1) is 0 Å². The summed E-state index contributed by atoms with van der Waals surface area (Å²) in [6, 6.07) is 12.7. The van der Waals surface area contributed by atoms with Crippen LogP contribution in [-0.2, 0) is 4.79 Å². The Bertz CT molecular complexity index is 811. The molecule has 1 aliphatic rings. The van der Waals surface area contributed by atoms with Gasteiger partial charge in [-0.1, -0.05) is 33.2 Å². The average molecular weight is 358 g/mol. The Labute approximate surface area is 135 Å². The van der Waals surface area contributed by atoms with Crippen LogP contribution in [0.25, 0.3) is 0 Å². The first kappa shape index (κ1) is 14.5. The SMILES string of the molecule is C/C(=N/O)c1ccc(N=C2C(=O)Nc3ccc(Br)cc32)cc1. The first-order valence-electron chi connectivity index (χ1n) is 6.57. The van der Waals surface area contributed by atoms with Crippen LogP contribution >= 0.6 is 15.9 Å². The van der Waals surface area contributed by atoms with E-state index in [1.54, 1.807) is 31.2 Å². The van der Waals surface area contributed by atoms with Gasteiger partial charge in [0.15, 0.2) is 0 Å². The van der Waals surface area contributed by atoms with Crippen molar-refractivity contribution in [3.8, 4) is 0 Å². The first-order chi connectivity index (χ1) is 10.6. The van der Waals surface area contributed by atoms with Crippen molar-refractivity contribution in [1.82, 2.24) is 0 Å². The number of fused-ring (bicyclic) bond motifs is 1. The molecule has 0 atom stereocenters. The molecule has 1 amide bonds. The Kier molecular flexibility index (Phi) is 3.77. The third-order valence-electron chi connectivity index (χ3n) is 3.38. The van der Waals surface area contributed by atoms with Crippen molar-refractivity contribution < 1.29 is 10.0 Å². The smallest absolute Gasteiger partial charge is 0.275 e. The fourth-order valence-electron chi connectivity index (χ4n) is 2.20. The highest BCUT2D eigenvalue weighted by atomic mass is 79.9. The van der Waals surface area contributed by atoms with E-state index in [-0.39, 0.29) is 5.91 Å². The van der Waals surface area contributed by atoms with Gasteiger partial charge in [-0.2, -0.15) is 0 Å². The monoisotopic (exact) mass is 357 g/mol. The third kappa shape index (κ3) is 2.65. The van der Waals surface area contributed by atoms with Crippen LogP contribution in [0.15, 0.2) is 57.1 Å². The summed E-state index contributed by atoms with van der Waals surface area (Å²) in [5, 5.41) is 14.7. The number of anilines is 1. The Balaban J connectivity index is 1.99. The van der Waals surface area contributed by atoms with Crippen LogP contribution in [0.1, 0.15) is 18.1 Å². The van der Waals surface area contributed by atoms with Crippen molar-refractivity contribution in [1.29, 1.82) is 0 Å². The number of carbonyl (C=O) groups is 1. The number of carbonyl (C=O) groups excluding carboxylic acids is 1. The van der Waals surface area contributed by atoms with Gasteiger partial charge in [0.1, 0.15) is 5.71 Å². The lowest BCUT2D eigenvalue weighted by atomic mass is 10.1. The molecule has 0 bridgehead atoms. The maximum atomic E-state index is 12.1. The minimum absolute atomic E-state index is 0.217. The molecule has 2 aromatic rings. The molecule has 0 aliphatic carbocycles. The van der Waals surface area contributed by atoms with E-state index < -0.39 is 0 Å². The average Bonchev–Trinajstić information content (AvgIpc) is 2.83. The Morgan fingerprint density at radius 3 is 2.59 bits per heavy atom. The highest BCUT2D eigenvalue weighted by Gasteiger charge is 2.25. The van der Waals surface area contributed by atoms with Gasteiger partial charge in [0.2, 0.25) is 0 Å². The molecule has 2 N–H and O–H groups in total. The molecular formula is C16H12BrN3O2. The second-order valence-electron chi connectivity index (χ2n) is 4.84. The number of amides is 1. The summed E-state index contributed by atoms with van der Waals surface area (Å²) in [7, 11) is 0. The maximum Gasteiger partial charge on any atom is 0.275 e. The van der Waals surface area contributed by atoms with Crippen LogP contribution in [-0.4, -0.2) is 22.5 Å². The van der Waals surface area contributed by atoms with Crippen LogP contribution < -0.4 is 5.32 Å². The van der Waals surface area contributed by atoms with Crippen LogP contribution in [0, 0.1) is 0 Å². The minimum Gasteiger partial charge on any atom is -0.411 e. The normalized spacial score (nSPS) is 15.8. The number of aliphatic imine (C=N–C) groups is 1. The molecule has 110 valence electrons. The summed E-state index contributed by atoms with van der Waals surface area (Å²) >= 11 is 3.40. The first-order valence-corrected chi connectivity index (χ1v) is 7.37. The largest absolute Gasteiger partial charge is 0.411 e. The molecule has 1 heterocycles. The predicted octanol–water partition coefficient (Wildman–Crippen LogP) is 3.72. The van der Waals surface area contributed by atoms with Crippen molar-refractivity contribution in [3.05, 3.63) is 58.1 Å². The molecule has 0 radical (unpaired) electrons. The van der Waals surface area contributed by atoms with Gasteiger partial charge in [0.05, 0.1) is 17.1 Å². The zero-order chi connectivity index (χ0) is 15.7. The van der Waals surface area contributed by atoms with Gasteiger partial charge in [-0.3, -0.25) is 4.79 Å². The number of rotatable bonds is 2. The maximum absolute atomic E-state index is 12.1. The second-order valence-corrected chi connectivity index (χ2v) is 5.75. The van der Waals surface area contributed by atoms with Crippen LogP contribution in [0.5, 0.6) is 0 Å². The van der Waals surface area contributed by atoms with Gasteiger partial charge >= 0.3 is 0 Å². The standard InChI is InChI=1S/C16H12BrN3O2/c1-9(20-22)10-2-5-12(6-3-10)18-15-13-8-11(17)4-7-14(13)19-16(15)21/h2-8,22H,1H3,(H,18,19,21)/b20-9-. The number of hydrogen-bond donors (Lipinski definition) is 2. The molecule has 0 spiro atoms. The summed E-state index contributed by atoms with van der Waals surface area (Å²) < 4.78 is 0.889. The fraction of sp³-hybridized carbons (Fsp3) is 0.0625. The van der Waals surface area contributed by atoms with Crippen molar-refractivity contribution in [2.24, 2.45) is 10.1 Å². The number of halogens is 1. The predicted molar refractivity (Wildman–Crippen MR) is 89.4 cm³/mol. The molecule has 0 saturated heterocycles. The molecule has 0 aromatic heterocycles. The summed E-state index contributed by atoms with van der Waals surface area (Å²) in [5.41, 5.74) is 3.89. The van der Waals surface area contributed by atoms with Gasteiger partial charge in [-0.25, -0.2) is 4.99 Å². The molecule has 5 nitrogen and oxygen atoms in total. The molecule has 0 fully saturated rings. The van der Waals surface area contributed by atoms with E-state index in [1.165, 1.54) is 0 Å². The summed E-state index contributed by atoms with van der Waals surface area (Å²) in [4.78, 5) is 16.5. The highest BCUT2D eigenvalue weighted by Crippen LogP contribution is 2.28. The molecule has 22 heavy (non-hydrogen) atoms. The zero-order valence-corrected chi connectivity index (χ0v) is 13.3. The van der Waals surface area contributed by atoms with Crippen molar-refractivity contribution in [3.63, 3.8) is 0 Å². The molecule has 2 aromatic carbocycles. The lowest BCUT2D eigenvalue weighted by Gasteiger charge is -2.01. The number of nitrogens with one attached hydrogen (secondary N) is 1. The summed E-state index contributed by atoms with van der Waals surface area (Å²) in [6.45, 7) is 1.71. The number of nitrogens with zero attached hydrogens (tertiary/aromatic N) is 2. The van der Waals surface area contributed by atoms with Gasteiger partial charge in [-0.05, 0) is 42.8 Å². The van der Waals surface area contributed by atoms with E-state index in [0.29, 0.717) is 17.1 Å². The molecule has 1 aliphatic heterocycles. The van der Waals surface area contributed by atoms with E-state index in [2.05, 4.69) is 31.4 Å². The van der Waals surface area contributed by atoms with E-state index in [0.717, 1.165) is 21.3 Å². The molecule has 0 unspecified atom stereocenters. The topological polar surface area (TPSA) is 74.0 Å². The summed E-state index contributed by atoms with van der Waals surface area (Å²) in [6.07, 6.45) is 0. The van der Waals surface area contributed by atoms with Crippen LogP contribution in [0.3, 0.4) is 0 Å². The fourth-order valence-corrected chi connectivity index (χ4v) is 2.56. The van der Waals surface area contributed by atoms with Crippen LogP contribution in [0.2, 0.25) is 0 Å². The Morgan fingerprint density at radius 1 is 1.18 bits per heavy atom. The van der Waals surface area contributed by atoms with E-state index in [9.17, 15) is 4.79 Å². The minimum atomic E-state index is -0.217. The molecule has 0 saturated carbocycles. The number of benzene rings is 2. The quantitative estimate of drug-likeness (QED) is 0.488. The van der Waals surface area contributed by atoms with Gasteiger partial charge in [0.25, 0.3) is 5.91 Å². The summed E-state index contributed by atoms with van der Waals surface area (Å²) in [5.74, 6) is -0.217. The van der Waals surface area contributed by atoms with Crippen molar-refractivity contribution >= 4 is 44.6 Å². The molecular weight excluding hydrogens is 346 g/mol. The van der Waals surface area contributed by atoms with Crippen LogP contribution in [0.4, 0.5) is 11.4 Å². The highest BCUT2D eigenvalue weighted by molar-refractivity contribution is 9.10. The van der Waals surface area contributed by atoms with E-state index in [1.807, 2.05) is 18.2 Å². The van der Waals surface area contributed by atoms with Crippen molar-refractivity contribution in [2.45, 2.75) is 6.92 Å². The number of oxime groups is 1. The van der Waals surface area contributed by atoms with E-state index in [4.69, 9.17) is 5.21 Å². The Morgan fingerprint density at radius 2 is 1.91 bits per heavy atom. The molecule has 3 rings (SSSR count). The lowest BCUT2D eigenvalue weighted by Crippen LogP contribution is -2.13. The second kappa shape index (κ2) is 5.73. The molecule has 6 heteroatoms. The number of hydrogen-bond acceptors (Lipinski definition) is 4. The van der Waals surface area contributed by atoms with Gasteiger partial charge < -0.3 is 10.5 Å². The lowest BCUT2D eigenvalue weighted by molar-refractivity contribution is -0.110. The zero-order valence-electron chi connectivity index (χ0n) is 11.7. The van der Waals surface area contributed by atoms with E-state index >= 15 is 0 Å². The Hall–Kier alpha value is -2.47. The third-order valence-corrected chi connectivity index (χ3v) is 3.87. The van der Waals surface area contributed by atoms with Crippen molar-refractivity contribution in [2.75, 3.05) is 5.32 Å². The van der Waals surface area contributed by atoms with Gasteiger partial charge in [0, 0.05) is 10.0 Å².